The second kappa shape index (κ2) is 9.07. The number of unbranched alkanes of at least 4 members (excludes halogenated alkanes) is 1. The van der Waals surface area contributed by atoms with E-state index in [1.807, 2.05) is 24.3 Å². The maximum absolute atomic E-state index is 13.3. The van der Waals surface area contributed by atoms with E-state index in [0.717, 1.165) is 24.0 Å². The van der Waals surface area contributed by atoms with Gasteiger partial charge in [0.15, 0.2) is 0 Å². The van der Waals surface area contributed by atoms with Gasteiger partial charge in [-0.3, -0.25) is 4.79 Å². The van der Waals surface area contributed by atoms with E-state index in [4.69, 9.17) is 0 Å². The van der Waals surface area contributed by atoms with Crippen LogP contribution in [-0.4, -0.2) is 60.4 Å². The van der Waals surface area contributed by atoms with Gasteiger partial charge in [0.1, 0.15) is 0 Å². The first-order valence-corrected chi connectivity index (χ1v) is 12.4. The second-order valence-electron chi connectivity index (χ2n) is 8.38. The van der Waals surface area contributed by atoms with E-state index >= 15 is 0 Å². The molecule has 2 aliphatic rings. The van der Waals surface area contributed by atoms with Gasteiger partial charge in [-0.05, 0) is 42.7 Å². The summed E-state index contributed by atoms with van der Waals surface area (Å²) in [4.78, 5) is 14.8. The van der Waals surface area contributed by atoms with Gasteiger partial charge in [-0.15, -0.1) is 0 Å². The number of hydrogen-bond donors (Lipinski definition) is 1. The normalized spacial score (nSPS) is 23.2. The number of aliphatic hydroxyl groups is 1. The highest BCUT2D eigenvalue weighted by Crippen LogP contribution is 2.43. The molecule has 0 spiro atoms. The predicted molar refractivity (Wildman–Crippen MR) is 122 cm³/mol. The van der Waals surface area contributed by atoms with Crippen LogP contribution in [-0.2, 0) is 14.8 Å². The highest BCUT2D eigenvalue weighted by atomic mass is 32.2. The van der Waals surface area contributed by atoms with Crippen LogP contribution in [0.1, 0.15) is 42.4 Å². The van der Waals surface area contributed by atoms with Crippen molar-refractivity contribution in [1.29, 1.82) is 0 Å². The molecule has 32 heavy (non-hydrogen) atoms. The lowest BCUT2D eigenvalue weighted by Gasteiger charge is -2.58. The largest absolute Gasteiger partial charge is 0.394 e. The lowest BCUT2D eigenvalue weighted by molar-refractivity contribution is -0.158. The van der Waals surface area contributed by atoms with Gasteiger partial charge in [0.25, 0.3) is 0 Å². The summed E-state index contributed by atoms with van der Waals surface area (Å²) in [6.07, 6.45) is 1.86. The summed E-state index contributed by atoms with van der Waals surface area (Å²) in [5, 5.41) is 9.96. The third-order valence-corrected chi connectivity index (χ3v) is 8.31. The number of aryl methyl sites for hydroxylation is 1. The number of nitrogens with zero attached hydrogens (tertiary/aromatic N) is 2. The molecule has 1 amide bonds. The molecular formula is C25H28N2O4S. The fourth-order valence-electron chi connectivity index (χ4n) is 4.72. The first-order valence-electron chi connectivity index (χ1n) is 10.9. The van der Waals surface area contributed by atoms with E-state index in [-0.39, 0.29) is 48.5 Å². The molecule has 4 rings (SSSR count). The second-order valence-corrected chi connectivity index (χ2v) is 10.3. The van der Waals surface area contributed by atoms with Crippen LogP contribution in [0, 0.1) is 18.8 Å². The maximum Gasteiger partial charge on any atom is 0.243 e. The lowest BCUT2D eigenvalue weighted by atomic mass is 9.74. The molecule has 0 unspecified atom stereocenters. The Morgan fingerprint density at radius 1 is 1.12 bits per heavy atom. The predicted octanol–water partition coefficient (Wildman–Crippen LogP) is 2.51. The average molecular weight is 453 g/mol. The van der Waals surface area contributed by atoms with Crippen LogP contribution in [0.3, 0.4) is 0 Å². The number of piperazine rings is 1. The number of benzene rings is 2. The van der Waals surface area contributed by atoms with E-state index in [2.05, 4.69) is 18.8 Å². The quantitative estimate of drug-likeness (QED) is 0.707. The summed E-state index contributed by atoms with van der Waals surface area (Å²) in [5.74, 6) is 5.86. The van der Waals surface area contributed by atoms with E-state index in [1.54, 1.807) is 36.1 Å². The van der Waals surface area contributed by atoms with Crippen molar-refractivity contribution in [1.82, 2.24) is 9.21 Å². The van der Waals surface area contributed by atoms with Crippen LogP contribution in [0.25, 0.3) is 0 Å². The molecule has 6 nitrogen and oxygen atoms in total. The standard InChI is InChI=1S/C25H28N2O4S/c1-3-4-5-9-19-11-13-20(14-12-19)25-21-15-26(16-24(29)27(21)22(25)17-28)32(30,31)23-10-7-6-8-18(23)2/h6-8,10-14,21-22,25,28H,3-4,15-17H2,1-2H3/t21-,22-,25-/m0/s1. The topological polar surface area (TPSA) is 77.9 Å². The van der Waals surface area contributed by atoms with Crippen molar-refractivity contribution in [2.24, 2.45) is 0 Å². The SMILES string of the molecule is CCCC#Cc1ccc([C@@H]2[C@H](CO)N3C(=O)CN(S(=O)(=O)c4ccccc4C)C[C@@H]23)cc1. The van der Waals surface area contributed by atoms with Crippen LogP contribution in [0.2, 0.25) is 0 Å². The van der Waals surface area contributed by atoms with Crippen molar-refractivity contribution in [2.45, 2.75) is 49.6 Å². The third-order valence-electron chi connectivity index (χ3n) is 6.34. The molecule has 2 fully saturated rings. The van der Waals surface area contributed by atoms with Gasteiger partial charge >= 0.3 is 0 Å². The minimum Gasteiger partial charge on any atom is -0.394 e. The number of rotatable bonds is 5. The van der Waals surface area contributed by atoms with E-state index in [9.17, 15) is 18.3 Å². The average Bonchev–Trinajstić information content (AvgIpc) is 2.76. The molecule has 2 aromatic rings. The molecule has 2 aromatic carbocycles. The number of aliphatic hydroxyl groups excluding tert-OH is 1. The van der Waals surface area contributed by atoms with Crippen molar-refractivity contribution in [3.05, 3.63) is 65.2 Å². The molecule has 1 N–H and O–H groups in total. The number of carbonyl (C=O) groups excluding carboxylic acids is 1. The number of amides is 1. The summed E-state index contributed by atoms with van der Waals surface area (Å²) in [6, 6.07) is 14.0. The van der Waals surface area contributed by atoms with Gasteiger partial charge in [-0.2, -0.15) is 4.31 Å². The molecule has 168 valence electrons. The zero-order valence-corrected chi connectivity index (χ0v) is 19.2. The van der Waals surface area contributed by atoms with Crippen LogP contribution in [0.5, 0.6) is 0 Å². The summed E-state index contributed by atoms with van der Waals surface area (Å²) in [6.45, 7) is 3.69. The number of fused-ring (bicyclic) bond motifs is 1. The Bertz CT molecular complexity index is 1160. The lowest BCUT2D eigenvalue weighted by Crippen LogP contribution is -2.73. The summed E-state index contributed by atoms with van der Waals surface area (Å²) in [7, 11) is -3.79. The maximum atomic E-state index is 13.3. The highest BCUT2D eigenvalue weighted by Gasteiger charge is 2.55. The van der Waals surface area contributed by atoms with Crippen LogP contribution >= 0.6 is 0 Å². The van der Waals surface area contributed by atoms with Crippen LogP contribution < -0.4 is 0 Å². The molecule has 0 radical (unpaired) electrons. The van der Waals surface area contributed by atoms with Gasteiger partial charge in [0.2, 0.25) is 15.9 Å². The fraction of sp³-hybridized carbons (Fsp3) is 0.400. The summed E-state index contributed by atoms with van der Waals surface area (Å²) < 4.78 is 27.9. The van der Waals surface area contributed by atoms with E-state index in [1.165, 1.54) is 4.31 Å². The zero-order valence-electron chi connectivity index (χ0n) is 18.4. The van der Waals surface area contributed by atoms with Gasteiger partial charge in [-0.1, -0.05) is 49.1 Å². The van der Waals surface area contributed by atoms with Gasteiger partial charge in [-0.25, -0.2) is 8.42 Å². The molecular weight excluding hydrogens is 424 g/mol. The van der Waals surface area contributed by atoms with Crippen molar-refractivity contribution < 1.29 is 18.3 Å². The monoisotopic (exact) mass is 452 g/mol. The van der Waals surface area contributed by atoms with Crippen molar-refractivity contribution in [2.75, 3.05) is 19.7 Å². The molecule has 3 atom stereocenters. The minimum atomic E-state index is -3.79. The first-order chi connectivity index (χ1) is 15.4. The van der Waals surface area contributed by atoms with Crippen molar-refractivity contribution >= 4 is 15.9 Å². The zero-order chi connectivity index (χ0) is 22.9. The van der Waals surface area contributed by atoms with Gasteiger partial charge in [0.05, 0.1) is 30.1 Å². The summed E-state index contributed by atoms with van der Waals surface area (Å²) >= 11 is 0. The van der Waals surface area contributed by atoms with E-state index in [0.29, 0.717) is 5.56 Å². The number of carbonyl (C=O) groups is 1. The van der Waals surface area contributed by atoms with Gasteiger partial charge in [0, 0.05) is 24.4 Å². The smallest absolute Gasteiger partial charge is 0.243 e. The third kappa shape index (κ3) is 3.95. The molecule has 0 saturated carbocycles. The Balaban J connectivity index is 1.60. The first kappa shape index (κ1) is 22.5. The molecule has 7 heteroatoms. The van der Waals surface area contributed by atoms with Crippen molar-refractivity contribution in [3.63, 3.8) is 0 Å². The Morgan fingerprint density at radius 3 is 2.50 bits per heavy atom. The van der Waals surface area contributed by atoms with Crippen LogP contribution in [0.4, 0.5) is 0 Å². The van der Waals surface area contributed by atoms with Crippen LogP contribution in [0.15, 0.2) is 53.4 Å². The molecule has 0 bridgehead atoms. The minimum absolute atomic E-state index is 0.128. The number of hydrogen-bond acceptors (Lipinski definition) is 4. The Labute approximate surface area is 189 Å². The van der Waals surface area contributed by atoms with Crippen molar-refractivity contribution in [3.8, 4) is 11.8 Å². The Morgan fingerprint density at radius 2 is 1.84 bits per heavy atom. The highest BCUT2D eigenvalue weighted by molar-refractivity contribution is 7.89. The molecule has 2 heterocycles. The van der Waals surface area contributed by atoms with E-state index < -0.39 is 10.0 Å². The molecule has 0 aromatic heterocycles. The fourth-order valence-corrected chi connectivity index (χ4v) is 6.35. The molecule has 0 aliphatic carbocycles. The molecule has 2 saturated heterocycles. The molecule has 2 aliphatic heterocycles. The number of sulfonamides is 1. The van der Waals surface area contributed by atoms with Gasteiger partial charge < -0.3 is 10.0 Å². The summed E-state index contributed by atoms with van der Waals surface area (Å²) in [5.41, 5.74) is 2.55. The Hall–Kier alpha value is -2.66. The Kier molecular flexibility index (Phi) is 6.38.